The van der Waals surface area contributed by atoms with E-state index in [-0.39, 0.29) is 28.2 Å². The first kappa shape index (κ1) is 11.7. The zero-order chi connectivity index (χ0) is 13.6. The van der Waals surface area contributed by atoms with E-state index in [9.17, 15) is 14.8 Å². The van der Waals surface area contributed by atoms with E-state index in [0.29, 0.717) is 5.56 Å². The molecule has 0 spiro atoms. The van der Waals surface area contributed by atoms with Gasteiger partial charge in [-0.2, -0.15) is 5.23 Å². The fourth-order valence-corrected chi connectivity index (χ4v) is 2.32. The van der Waals surface area contributed by atoms with Crippen molar-refractivity contribution in [3.05, 3.63) is 69.9 Å². The van der Waals surface area contributed by atoms with Gasteiger partial charge < -0.3 is 5.21 Å². The van der Waals surface area contributed by atoms with Gasteiger partial charge in [0, 0.05) is 22.8 Å². The van der Waals surface area contributed by atoms with Crippen LogP contribution >= 0.6 is 0 Å². The molecule has 1 aliphatic rings. The molecule has 0 saturated carbocycles. The topological polar surface area (TPSA) is 81.9 Å². The first-order chi connectivity index (χ1) is 9.11. The molecular formula is C14H9NO4. The molecule has 0 aliphatic heterocycles. The fourth-order valence-electron chi connectivity index (χ4n) is 2.32. The minimum atomic E-state index is -1.21. The number of carbonyl (C=O) groups is 2. The number of nitrogens with one attached hydrogen (secondary N) is 1. The van der Waals surface area contributed by atoms with E-state index in [0.717, 1.165) is 0 Å². The largest absolute Gasteiger partial charge is 0.595 e. The maximum atomic E-state index is 12.4. The van der Waals surface area contributed by atoms with Gasteiger partial charge >= 0.3 is 0 Å². The van der Waals surface area contributed by atoms with Gasteiger partial charge in [0.1, 0.15) is 0 Å². The Morgan fingerprint density at radius 1 is 0.842 bits per heavy atom. The molecule has 2 aromatic rings. The Hall–Kier alpha value is -2.34. The summed E-state index contributed by atoms with van der Waals surface area (Å²) in [5.41, 5.74) is 0.587. The van der Waals surface area contributed by atoms with Crippen LogP contribution < -0.4 is 5.23 Å². The summed E-state index contributed by atoms with van der Waals surface area (Å²) in [6.07, 6.45) is 0. The van der Waals surface area contributed by atoms with Crippen LogP contribution in [0.4, 0.5) is 5.69 Å². The molecule has 0 amide bonds. The molecule has 5 heteroatoms. The normalized spacial score (nSPS) is 14.8. The van der Waals surface area contributed by atoms with E-state index in [1.807, 2.05) is 0 Å². The quantitative estimate of drug-likeness (QED) is 0.632. The van der Waals surface area contributed by atoms with Crippen LogP contribution in [0.1, 0.15) is 31.8 Å². The maximum Gasteiger partial charge on any atom is 0.200 e. The van der Waals surface area contributed by atoms with E-state index in [1.165, 1.54) is 24.3 Å². The Morgan fingerprint density at radius 2 is 1.42 bits per heavy atom. The Kier molecular flexibility index (Phi) is 2.53. The molecule has 0 heterocycles. The minimum Gasteiger partial charge on any atom is -0.595 e. The molecule has 0 bridgehead atoms. The lowest BCUT2D eigenvalue weighted by Crippen LogP contribution is -2.99. The molecule has 1 unspecified atom stereocenters. The van der Waals surface area contributed by atoms with Crippen molar-refractivity contribution in [2.45, 2.75) is 0 Å². The molecule has 5 nitrogen and oxygen atoms in total. The maximum absolute atomic E-state index is 12.4. The summed E-state index contributed by atoms with van der Waals surface area (Å²) >= 11 is 0. The highest BCUT2D eigenvalue weighted by molar-refractivity contribution is 6.29. The lowest BCUT2D eigenvalue weighted by molar-refractivity contribution is -0.991. The number of carbonyl (C=O) groups excluding carboxylic acids is 2. The van der Waals surface area contributed by atoms with Gasteiger partial charge in [-0.25, -0.2) is 5.21 Å². The standard InChI is InChI=1S/C14H9NO4/c16-13-8-4-1-2-5-9(8)14(17)12-10(13)6-3-7-11(12)15(18)19/h1-7,15,18H. The molecule has 1 aliphatic carbocycles. The van der Waals surface area contributed by atoms with Gasteiger partial charge in [0.2, 0.25) is 5.78 Å². The summed E-state index contributed by atoms with van der Waals surface area (Å²) in [4.78, 5) is 24.6. The zero-order valence-electron chi connectivity index (χ0n) is 9.71. The Morgan fingerprint density at radius 3 is 2.05 bits per heavy atom. The summed E-state index contributed by atoms with van der Waals surface area (Å²) in [7, 11) is 0. The van der Waals surface area contributed by atoms with Gasteiger partial charge in [-0.3, -0.25) is 9.59 Å². The van der Waals surface area contributed by atoms with Crippen molar-refractivity contribution in [3.8, 4) is 0 Å². The third-order valence-corrected chi connectivity index (χ3v) is 3.18. The summed E-state index contributed by atoms with van der Waals surface area (Å²) in [6.45, 7) is 0. The van der Waals surface area contributed by atoms with Crippen molar-refractivity contribution < 1.29 is 20.0 Å². The van der Waals surface area contributed by atoms with Gasteiger partial charge in [0.15, 0.2) is 11.5 Å². The lowest BCUT2D eigenvalue weighted by atomic mass is 9.83. The molecule has 94 valence electrons. The van der Waals surface area contributed by atoms with Crippen molar-refractivity contribution >= 4 is 17.3 Å². The Bertz CT molecular complexity index is 706. The molecule has 0 aromatic heterocycles. The number of rotatable bonds is 1. The summed E-state index contributed by atoms with van der Waals surface area (Å²) < 4.78 is 0. The fraction of sp³-hybridized carbons (Fsp3) is 0. The molecule has 3 rings (SSSR count). The third kappa shape index (κ3) is 1.61. The van der Waals surface area contributed by atoms with Gasteiger partial charge in [-0.15, -0.1) is 0 Å². The van der Waals surface area contributed by atoms with E-state index in [4.69, 9.17) is 5.21 Å². The van der Waals surface area contributed by atoms with E-state index >= 15 is 0 Å². The van der Waals surface area contributed by atoms with Crippen molar-refractivity contribution in [3.63, 3.8) is 0 Å². The number of ketones is 2. The van der Waals surface area contributed by atoms with Crippen LogP contribution in [0.2, 0.25) is 0 Å². The predicted molar refractivity (Wildman–Crippen MR) is 65.5 cm³/mol. The number of hydrogen-bond donors (Lipinski definition) is 2. The van der Waals surface area contributed by atoms with E-state index in [2.05, 4.69) is 0 Å². The van der Waals surface area contributed by atoms with Crippen LogP contribution in [0.5, 0.6) is 0 Å². The van der Waals surface area contributed by atoms with Crippen molar-refractivity contribution in [2.24, 2.45) is 0 Å². The molecule has 19 heavy (non-hydrogen) atoms. The molecule has 0 fully saturated rings. The van der Waals surface area contributed by atoms with Gasteiger partial charge in [0.25, 0.3) is 0 Å². The van der Waals surface area contributed by atoms with Gasteiger partial charge in [-0.1, -0.05) is 30.3 Å². The van der Waals surface area contributed by atoms with Crippen LogP contribution in [0.3, 0.4) is 0 Å². The van der Waals surface area contributed by atoms with Crippen LogP contribution in [-0.4, -0.2) is 16.8 Å². The van der Waals surface area contributed by atoms with E-state index in [1.54, 1.807) is 18.2 Å². The minimum absolute atomic E-state index is 0.0151. The van der Waals surface area contributed by atoms with Crippen molar-refractivity contribution in [1.82, 2.24) is 0 Å². The SMILES string of the molecule is O=C1c2ccccc2C(=O)c2c1cccc2[NH+]([O-])O. The van der Waals surface area contributed by atoms with Crippen LogP contribution in [0, 0.1) is 5.21 Å². The summed E-state index contributed by atoms with van der Waals surface area (Å²) in [6, 6.07) is 10.7. The van der Waals surface area contributed by atoms with Crippen molar-refractivity contribution in [2.75, 3.05) is 0 Å². The average Bonchev–Trinajstić information content (AvgIpc) is 2.44. The predicted octanol–water partition coefficient (Wildman–Crippen LogP) is 0.865. The molecule has 0 radical (unpaired) electrons. The zero-order valence-corrected chi connectivity index (χ0v) is 9.71. The number of hydrogen-bond acceptors (Lipinski definition) is 4. The summed E-state index contributed by atoms with van der Waals surface area (Å²) in [5.74, 6) is -0.725. The second-order valence-corrected chi connectivity index (χ2v) is 4.24. The Labute approximate surface area is 108 Å². The highest BCUT2D eigenvalue weighted by Gasteiger charge is 2.33. The molecule has 1 atom stereocenters. The third-order valence-electron chi connectivity index (χ3n) is 3.18. The highest BCUT2D eigenvalue weighted by Crippen LogP contribution is 2.30. The number of fused-ring (bicyclic) bond motifs is 2. The first-order valence-corrected chi connectivity index (χ1v) is 5.66. The highest BCUT2D eigenvalue weighted by atomic mass is 16.8. The first-order valence-electron chi connectivity index (χ1n) is 5.66. The summed E-state index contributed by atoms with van der Waals surface area (Å²) in [5, 5.41) is 19.1. The van der Waals surface area contributed by atoms with Gasteiger partial charge in [0.05, 0.1) is 5.56 Å². The van der Waals surface area contributed by atoms with Crippen LogP contribution in [-0.2, 0) is 0 Å². The van der Waals surface area contributed by atoms with Crippen LogP contribution in [0.25, 0.3) is 0 Å². The molecule has 2 N–H and O–H groups in total. The molecule has 0 saturated heterocycles. The number of quaternary nitrogens is 1. The second kappa shape index (κ2) is 4.10. The number of benzene rings is 2. The van der Waals surface area contributed by atoms with Gasteiger partial charge in [-0.05, 0) is 6.07 Å². The molecular weight excluding hydrogens is 246 g/mol. The smallest absolute Gasteiger partial charge is 0.200 e. The van der Waals surface area contributed by atoms with Crippen LogP contribution in [0.15, 0.2) is 42.5 Å². The lowest BCUT2D eigenvalue weighted by Gasteiger charge is -2.21. The van der Waals surface area contributed by atoms with E-state index < -0.39 is 11.0 Å². The molecule has 2 aromatic carbocycles. The second-order valence-electron chi connectivity index (χ2n) is 4.24. The monoisotopic (exact) mass is 255 g/mol. The van der Waals surface area contributed by atoms with Crippen molar-refractivity contribution in [1.29, 1.82) is 0 Å². The average molecular weight is 255 g/mol. The Balaban J connectivity index is 2.33.